The van der Waals surface area contributed by atoms with Crippen LogP contribution in [-0.2, 0) is 16.1 Å². The number of hydrogen-bond donors (Lipinski definition) is 1. The molecule has 1 saturated carbocycles. The largest absolute Gasteiger partial charge is 0.350 e. The predicted molar refractivity (Wildman–Crippen MR) is 73.7 cm³/mol. The minimum atomic E-state index is -0.151. The van der Waals surface area contributed by atoms with Crippen LogP contribution in [0.1, 0.15) is 25.3 Å². The van der Waals surface area contributed by atoms with Crippen molar-refractivity contribution in [3.8, 4) is 0 Å². The molecule has 0 unspecified atom stereocenters. The molecule has 2 rings (SSSR count). The first kappa shape index (κ1) is 13.9. The van der Waals surface area contributed by atoms with Crippen LogP contribution in [-0.4, -0.2) is 29.3 Å². The van der Waals surface area contributed by atoms with Gasteiger partial charge >= 0.3 is 0 Å². The number of amides is 2. The summed E-state index contributed by atoms with van der Waals surface area (Å²) in [6.07, 6.45) is 1.99. The van der Waals surface area contributed by atoms with Crippen LogP contribution in [0.25, 0.3) is 0 Å². The number of halogens is 1. The van der Waals surface area contributed by atoms with Gasteiger partial charge < -0.3 is 10.2 Å². The highest BCUT2D eigenvalue weighted by Gasteiger charge is 2.31. The van der Waals surface area contributed by atoms with E-state index in [9.17, 15) is 9.59 Å². The monoisotopic (exact) mass is 280 g/mol. The van der Waals surface area contributed by atoms with E-state index in [1.165, 1.54) is 6.92 Å². The maximum absolute atomic E-state index is 11.8. The Kier molecular flexibility index (Phi) is 4.43. The quantitative estimate of drug-likeness (QED) is 0.896. The highest BCUT2D eigenvalue weighted by molar-refractivity contribution is 6.31. The van der Waals surface area contributed by atoms with Crippen molar-refractivity contribution in [2.24, 2.45) is 0 Å². The standard InChI is InChI=1S/C14H17ClN2O2/c1-10(18)17(12-6-7-12)9-14(19)16-8-11-4-2-3-5-13(11)15/h2-5,12H,6-9H2,1H3,(H,16,19). The van der Waals surface area contributed by atoms with E-state index in [4.69, 9.17) is 11.6 Å². The van der Waals surface area contributed by atoms with Crippen LogP contribution in [0.3, 0.4) is 0 Å². The second kappa shape index (κ2) is 6.06. The van der Waals surface area contributed by atoms with Crippen molar-refractivity contribution < 1.29 is 9.59 Å². The van der Waals surface area contributed by atoms with Gasteiger partial charge in [0.1, 0.15) is 0 Å². The second-order valence-electron chi connectivity index (χ2n) is 4.75. The van der Waals surface area contributed by atoms with Crippen LogP contribution in [0.5, 0.6) is 0 Å². The third-order valence-electron chi connectivity index (χ3n) is 3.14. The Bertz CT molecular complexity index is 486. The lowest BCUT2D eigenvalue weighted by atomic mass is 10.2. The van der Waals surface area contributed by atoms with E-state index in [-0.39, 0.29) is 24.4 Å². The van der Waals surface area contributed by atoms with Gasteiger partial charge in [0, 0.05) is 24.5 Å². The van der Waals surface area contributed by atoms with Crippen LogP contribution < -0.4 is 5.32 Å². The highest BCUT2D eigenvalue weighted by Crippen LogP contribution is 2.26. The summed E-state index contributed by atoms with van der Waals surface area (Å²) in [5.41, 5.74) is 0.873. The molecule has 2 amide bonds. The van der Waals surface area contributed by atoms with Gasteiger partial charge in [0.2, 0.25) is 11.8 Å². The Morgan fingerprint density at radius 2 is 2.05 bits per heavy atom. The van der Waals surface area contributed by atoms with Crippen molar-refractivity contribution in [1.82, 2.24) is 10.2 Å². The molecule has 0 spiro atoms. The molecule has 1 aliphatic rings. The maximum atomic E-state index is 11.8. The van der Waals surface area contributed by atoms with E-state index in [1.807, 2.05) is 18.2 Å². The van der Waals surface area contributed by atoms with Crippen LogP contribution in [0.2, 0.25) is 5.02 Å². The third kappa shape index (κ3) is 3.96. The second-order valence-corrected chi connectivity index (χ2v) is 5.15. The third-order valence-corrected chi connectivity index (χ3v) is 3.51. The molecule has 0 aromatic heterocycles. The lowest BCUT2D eigenvalue weighted by Gasteiger charge is -2.19. The number of carbonyl (C=O) groups excluding carboxylic acids is 2. The minimum Gasteiger partial charge on any atom is -0.350 e. The van der Waals surface area contributed by atoms with E-state index in [0.717, 1.165) is 18.4 Å². The van der Waals surface area contributed by atoms with Crippen molar-refractivity contribution >= 4 is 23.4 Å². The van der Waals surface area contributed by atoms with Gasteiger partial charge in [-0.3, -0.25) is 9.59 Å². The lowest BCUT2D eigenvalue weighted by molar-refractivity contribution is -0.134. The Labute approximate surface area is 117 Å². The average molecular weight is 281 g/mol. The summed E-state index contributed by atoms with van der Waals surface area (Å²) in [4.78, 5) is 24.9. The summed E-state index contributed by atoms with van der Waals surface area (Å²) >= 11 is 6.01. The van der Waals surface area contributed by atoms with Gasteiger partial charge in [0.05, 0.1) is 6.54 Å². The van der Waals surface area contributed by atoms with E-state index in [2.05, 4.69) is 5.32 Å². The zero-order valence-corrected chi connectivity index (χ0v) is 11.6. The molecule has 0 aliphatic heterocycles. The fraction of sp³-hybridized carbons (Fsp3) is 0.429. The van der Waals surface area contributed by atoms with E-state index < -0.39 is 0 Å². The van der Waals surface area contributed by atoms with Crippen LogP contribution in [0.4, 0.5) is 0 Å². The number of nitrogens with one attached hydrogen (secondary N) is 1. The van der Waals surface area contributed by atoms with Crippen molar-refractivity contribution in [2.45, 2.75) is 32.4 Å². The van der Waals surface area contributed by atoms with Crippen molar-refractivity contribution in [3.05, 3.63) is 34.9 Å². The molecule has 1 aliphatic carbocycles. The summed E-state index contributed by atoms with van der Waals surface area (Å²) < 4.78 is 0. The van der Waals surface area contributed by atoms with Crippen molar-refractivity contribution in [1.29, 1.82) is 0 Å². The summed E-state index contributed by atoms with van der Waals surface area (Å²) in [6, 6.07) is 7.63. The van der Waals surface area contributed by atoms with Crippen LogP contribution >= 0.6 is 11.6 Å². The van der Waals surface area contributed by atoms with Crippen molar-refractivity contribution in [3.63, 3.8) is 0 Å². The highest BCUT2D eigenvalue weighted by atomic mass is 35.5. The Hall–Kier alpha value is -1.55. The van der Waals surface area contributed by atoms with Gasteiger partial charge in [-0.25, -0.2) is 0 Å². The number of hydrogen-bond acceptors (Lipinski definition) is 2. The molecule has 19 heavy (non-hydrogen) atoms. The van der Waals surface area contributed by atoms with E-state index >= 15 is 0 Å². The van der Waals surface area contributed by atoms with E-state index in [1.54, 1.807) is 11.0 Å². The topological polar surface area (TPSA) is 49.4 Å². The molecular formula is C14H17ClN2O2. The van der Waals surface area contributed by atoms with Crippen LogP contribution in [0.15, 0.2) is 24.3 Å². The first-order valence-electron chi connectivity index (χ1n) is 6.35. The lowest BCUT2D eigenvalue weighted by Crippen LogP contribution is -2.40. The molecule has 5 heteroatoms. The zero-order valence-electron chi connectivity index (χ0n) is 10.9. The van der Waals surface area contributed by atoms with Gasteiger partial charge in [0.15, 0.2) is 0 Å². The van der Waals surface area contributed by atoms with Gasteiger partial charge in [-0.1, -0.05) is 29.8 Å². The zero-order chi connectivity index (χ0) is 13.8. The summed E-state index contributed by atoms with van der Waals surface area (Å²) in [6.45, 7) is 2.01. The molecule has 0 radical (unpaired) electrons. The summed E-state index contributed by atoms with van der Waals surface area (Å²) in [7, 11) is 0. The number of carbonyl (C=O) groups is 2. The molecule has 0 saturated heterocycles. The molecule has 4 nitrogen and oxygen atoms in total. The number of rotatable bonds is 5. The molecule has 0 heterocycles. The molecular weight excluding hydrogens is 264 g/mol. The molecule has 1 N–H and O–H groups in total. The van der Waals surface area contributed by atoms with Gasteiger partial charge in [-0.05, 0) is 24.5 Å². The molecule has 102 valence electrons. The molecule has 0 atom stereocenters. The molecule has 1 aromatic rings. The smallest absolute Gasteiger partial charge is 0.239 e. The normalized spacial score (nSPS) is 14.0. The van der Waals surface area contributed by atoms with Crippen LogP contribution in [0, 0.1) is 0 Å². The maximum Gasteiger partial charge on any atom is 0.239 e. The molecule has 1 fully saturated rings. The molecule has 0 bridgehead atoms. The fourth-order valence-electron chi connectivity index (χ4n) is 1.93. The minimum absolute atomic E-state index is 0.0459. The number of benzene rings is 1. The Morgan fingerprint density at radius 3 is 2.63 bits per heavy atom. The molecule has 1 aromatic carbocycles. The van der Waals surface area contributed by atoms with E-state index in [0.29, 0.717) is 11.6 Å². The van der Waals surface area contributed by atoms with Gasteiger partial charge in [0.25, 0.3) is 0 Å². The average Bonchev–Trinajstić information content (AvgIpc) is 3.19. The summed E-state index contributed by atoms with van der Waals surface area (Å²) in [5, 5.41) is 3.42. The first-order valence-corrected chi connectivity index (χ1v) is 6.73. The number of nitrogens with zero attached hydrogens (tertiary/aromatic N) is 1. The Morgan fingerprint density at radius 1 is 1.37 bits per heavy atom. The summed E-state index contributed by atoms with van der Waals surface area (Å²) in [5.74, 6) is -0.197. The van der Waals surface area contributed by atoms with Gasteiger partial charge in [-0.2, -0.15) is 0 Å². The fourth-order valence-corrected chi connectivity index (χ4v) is 2.13. The first-order chi connectivity index (χ1) is 9.08. The SMILES string of the molecule is CC(=O)N(CC(=O)NCc1ccccc1Cl)C1CC1. The van der Waals surface area contributed by atoms with Gasteiger partial charge in [-0.15, -0.1) is 0 Å². The Balaban J connectivity index is 1.84. The predicted octanol–water partition coefficient (Wildman–Crippen LogP) is 1.97. The van der Waals surface area contributed by atoms with Crippen molar-refractivity contribution in [2.75, 3.05) is 6.54 Å².